The van der Waals surface area contributed by atoms with Crippen LogP contribution in [-0.2, 0) is 12.8 Å². The van der Waals surface area contributed by atoms with E-state index in [1.807, 2.05) is 6.07 Å². The van der Waals surface area contributed by atoms with Crippen molar-refractivity contribution in [2.75, 3.05) is 0 Å². The van der Waals surface area contributed by atoms with Gasteiger partial charge in [0.1, 0.15) is 0 Å². The molecule has 106 valence electrons. The Hall–Kier alpha value is -1.77. The Bertz CT molecular complexity index is 682. The molecule has 0 amide bonds. The Morgan fingerprint density at radius 2 is 2.15 bits per heavy atom. The lowest BCUT2D eigenvalue weighted by atomic mass is 9.87. The van der Waals surface area contributed by atoms with E-state index in [0.29, 0.717) is 11.5 Å². The van der Waals surface area contributed by atoms with E-state index < -0.39 is 5.97 Å². The van der Waals surface area contributed by atoms with Crippen LogP contribution in [0.4, 0.5) is 0 Å². The van der Waals surface area contributed by atoms with Gasteiger partial charge in [0, 0.05) is 17.1 Å². The number of carbonyl (C=O) groups is 1. The van der Waals surface area contributed by atoms with Crippen LogP contribution in [0.2, 0.25) is 0 Å². The van der Waals surface area contributed by atoms with E-state index in [1.54, 1.807) is 6.07 Å². The molecule has 0 aliphatic heterocycles. The molecule has 1 aromatic heterocycles. The van der Waals surface area contributed by atoms with Gasteiger partial charge in [0.25, 0.3) is 0 Å². The van der Waals surface area contributed by atoms with Gasteiger partial charge in [-0.1, -0.05) is 19.1 Å². The van der Waals surface area contributed by atoms with Gasteiger partial charge in [-0.25, -0.2) is 4.79 Å². The summed E-state index contributed by atoms with van der Waals surface area (Å²) in [7, 11) is 0. The largest absolute Gasteiger partial charge is 0.478 e. The van der Waals surface area contributed by atoms with Crippen molar-refractivity contribution >= 4 is 16.9 Å². The van der Waals surface area contributed by atoms with Crippen LogP contribution in [0.1, 0.15) is 54.8 Å². The Morgan fingerprint density at radius 1 is 1.40 bits per heavy atom. The quantitative estimate of drug-likeness (QED) is 0.895. The number of fused-ring (bicyclic) bond motifs is 3. The first-order valence-electron chi connectivity index (χ1n) is 7.38. The molecule has 0 fully saturated rings. The predicted molar refractivity (Wildman–Crippen MR) is 80.5 cm³/mol. The number of carboxylic acid groups (broad SMARTS) is 1. The summed E-state index contributed by atoms with van der Waals surface area (Å²) in [6, 6.07) is 5.96. The zero-order valence-electron chi connectivity index (χ0n) is 12.3. The molecular formula is C17H21NO2. The fourth-order valence-corrected chi connectivity index (χ4v) is 3.56. The summed E-state index contributed by atoms with van der Waals surface area (Å²) < 4.78 is 2.25. The van der Waals surface area contributed by atoms with Crippen LogP contribution in [0.3, 0.4) is 0 Å². The summed E-state index contributed by atoms with van der Waals surface area (Å²) in [4.78, 5) is 11.6. The monoisotopic (exact) mass is 271 g/mol. The minimum absolute atomic E-state index is 0.287. The van der Waals surface area contributed by atoms with Crippen molar-refractivity contribution in [3.05, 3.63) is 35.0 Å². The highest BCUT2D eigenvalue weighted by molar-refractivity contribution is 6.04. The van der Waals surface area contributed by atoms with Crippen LogP contribution >= 0.6 is 0 Å². The summed E-state index contributed by atoms with van der Waals surface area (Å²) in [5.74, 6) is -0.150. The van der Waals surface area contributed by atoms with Gasteiger partial charge in [-0.3, -0.25) is 0 Å². The van der Waals surface area contributed by atoms with Crippen LogP contribution in [-0.4, -0.2) is 15.6 Å². The molecule has 0 radical (unpaired) electrons. The average molecular weight is 271 g/mol. The second kappa shape index (κ2) is 4.65. The molecule has 2 aromatic rings. The van der Waals surface area contributed by atoms with Crippen molar-refractivity contribution in [2.24, 2.45) is 5.92 Å². The summed E-state index contributed by atoms with van der Waals surface area (Å²) in [6.07, 6.45) is 3.31. The molecule has 1 heterocycles. The molecule has 0 saturated heterocycles. The average Bonchev–Trinajstić information content (AvgIpc) is 2.72. The van der Waals surface area contributed by atoms with Crippen LogP contribution in [0.5, 0.6) is 0 Å². The molecule has 3 nitrogen and oxygen atoms in total. The summed E-state index contributed by atoms with van der Waals surface area (Å²) in [5, 5.41) is 10.6. The fraction of sp³-hybridized carbons (Fsp3) is 0.471. The van der Waals surface area contributed by atoms with Gasteiger partial charge in [0.05, 0.1) is 11.1 Å². The molecule has 0 spiro atoms. The molecule has 20 heavy (non-hydrogen) atoms. The maximum atomic E-state index is 11.6. The minimum atomic E-state index is -0.833. The second-order valence-corrected chi connectivity index (χ2v) is 6.24. The third kappa shape index (κ3) is 1.84. The van der Waals surface area contributed by atoms with E-state index in [9.17, 15) is 9.90 Å². The maximum Gasteiger partial charge on any atom is 0.337 e. The molecule has 0 saturated carbocycles. The molecule has 1 unspecified atom stereocenters. The van der Waals surface area contributed by atoms with Gasteiger partial charge in [-0.2, -0.15) is 0 Å². The Kier molecular flexibility index (Phi) is 3.08. The van der Waals surface area contributed by atoms with Crippen molar-refractivity contribution in [3.8, 4) is 0 Å². The number of aromatic nitrogens is 1. The third-order valence-electron chi connectivity index (χ3n) is 4.41. The number of carboxylic acids is 1. The summed E-state index contributed by atoms with van der Waals surface area (Å²) >= 11 is 0. The van der Waals surface area contributed by atoms with Gasteiger partial charge in [-0.05, 0) is 50.7 Å². The number of para-hydroxylation sites is 1. The lowest BCUT2D eigenvalue weighted by Crippen LogP contribution is -2.15. The highest BCUT2D eigenvalue weighted by Gasteiger charge is 2.26. The van der Waals surface area contributed by atoms with Crippen molar-refractivity contribution in [2.45, 2.75) is 46.1 Å². The molecule has 1 aliphatic carbocycles. The van der Waals surface area contributed by atoms with Gasteiger partial charge < -0.3 is 9.67 Å². The van der Waals surface area contributed by atoms with E-state index in [-0.39, 0.29) is 6.04 Å². The van der Waals surface area contributed by atoms with E-state index >= 15 is 0 Å². The van der Waals surface area contributed by atoms with E-state index in [0.717, 1.165) is 23.7 Å². The van der Waals surface area contributed by atoms with Crippen LogP contribution in [0, 0.1) is 5.92 Å². The van der Waals surface area contributed by atoms with Gasteiger partial charge in [-0.15, -0.1) is 0 Å². The first-order valence-corrected chi connectivity index (χ1v) is 7.38. The lowest BCUT2D eigenvalue weighted by Gasteiger charge is -2.22. The first-order chi connectivity index (χ1) is 9.50. The Balaban J connectivity index is 2.40. The topological polar surface area (TPSA) is 42.2 Å². The highest BCUT2D eigenvalue weighted by Crippen LogP contribution is 2.37. The molecular weight excluding hydrogens is 250 g/mol. The zero-order valence-corrected chi connectivity index (χ0v) is 12.3. The van der Waals surface area contributed by atoms with Gasteiger partial charge >= 0.3 is 5.97 Å². The maximum absolute atomic E-state index is 11.6. The van der Waals surface area contributed by atoms with Crippen molar-refractivity contribution in [1.29, 1.82) is 0 Å². The summed E-state index contributed by atoms with van der Waals surface area (Å²) in [6.45, 7) is 6.55. The zero-order chi connectivity index (χ0) is 14.4. The van der Waals surface area contributed by atoms with Crippen molar-refractivity contribution < 1.29 is 9.90 Å². The predicted octanol–water partition coefficient (Wildman–Crippen LogP) is 4.05. The molecule has 1 aliphatic rings. The normalized spacial score (nSPS) is 18.5. The summed E-state index contributed by atoms with van der Waals surface area (Å²) in [5.41, 5.74) is 4.06. The molecule has 1 atom stereocenters. The number of benzene rings is 1. The molecule has 3 heteroatoms. The van der Waals surface area contributed by atoms with E-state index in [2.05, 4.69) is 31.4 Å². The van der Waals surface area contributed by atoms with Crippen molar-refractivity contribution in [1.82, 2.24) is 4.57 Å². The smallest absolute Gasteiger partial charge is 0.337 e. The Labute approximate surface area is 119 Å². The number of nitrogens with zero attached hydrogens (tertiary/aromatic N) is 1. The number of hydrogen-bond donors (Lipinski definition) is 1. The van der Waals surface area contributed by atoms with Crippen LogP contribution < -0.4 is 0 Å². The van der Waals surface area contributed by atoms with Gasteiger partial charge in [0.2, 0.25) is 0 Å². The Morgan fingerprint density at radius 3 is 2.80 bits per heavy atom. The minimum Gasteiger partial charge on any atom is -0.478 e. The molecule has 3 rings (SSSR count). The SMILES string of the molecule is CC1CCc2c(c3cccc(C(=O)O)c3n2C(C)C)C1. The second-order valence-electron chi connectivity index (χ2n) is 6.24. The fourth-order valence-electron chi connectivity index (χ4n) is 3.56. The van der Waals surface area contributed by atoms with Crippen molar-refractivity contribution in [3.63, 3.8) is 0 Å². The van der Waals surface area contributed by atoms with Crippen LogP contribution in [0.25, 0.3) is 10.9 Å². The lowest BCUT2D eigenvalue weighted by molar-refractivity contribution is 0.0698. The highest BCUT2D eigenvalue weighted by atomic mass is 16.4. The third-order valence-corrected chi connectivity index (χ3v) is 4.41. The standard InChI is InChI=1S/C17H21NO2/c1-10(2)18-15-8-7-11(3)9-14(15)12-5-4-6-13(16(12)18)17(19)20/h4-6,10-11H,7-9H2,1-3H3,(H,19,20). The molecule has 1 aromatic carbocycles. The van der Waals surface area contributed by atoms with Gasteiger partial charge in [0.15, 0.2) is 0 Å². The molecule has 0 bridgehead atoms. The number of aromatic carboxylic acids is 1. The van der Waals surface area contributed by atoms with E-state index in [1.165, 1.54) is 17.7 Å². The number of hydrogen-bond acceptors (Lipinski definition) is 1. The molecule has 1 N–H and O–H groups in total. The van der Waals surface area contributed by atoms with E-state index in [4.69, 9.17) is 0 Å². The number of rotatable bonds is 2. The first kappa shape index (κ1) is 13.2. The van der Waals surface area contributed by atoms with Crippen LogP contribution in [0.15, 0.2) is 18.2 Å².